The van der Waals surface area contributed by atoms with Crippen molar-refractivity contribution in [2.24, 2.45) is 0 Å². The Morgan fingerprint density at radius 2 is 2.15 bits per heavy atom. The highest BCUT2D eigenvalue weighted by Gasteiger charge is 2.03. The molecule has 0 aliphatic heterocycles. The molecule has 1 atom stereocenters. The quantitative estimate of drug-likeness (QED) is 0.740. The van der Waals surface area contributed by atoms with E-state index in [1.54, 1.807) is 7.11 Å². The highest BCUT2D eigenvalue weighted by Crippen LogP contribution is 2.19. The van der Waals surface area contributed by atoms with Gasteiger partial charge in [0.25, 0.3) is 0 Å². The molecule has 0 heterocycles. The van der Waals surface area contributed by atoms with Crippen LogP contribution in [0.4, 0.5) is 0 Å². The van der Waals surface area contributed by atoms with Crippen molar-refractivity contribution in [3.05, 3.63) is 29.3 Å². The van der Waals surface area contributed by atoms with Crippen LogP contribution >= 0.6 is 15.9 Å². The van der Waals surface area contributed by atoms with E-state index in [2.05, 4.69) is 41.9 Å². The molecule has 0 saturated carbocycles. The Balaban J connectivity index is 2.85. The second-order valence-corrected chi connectivity index (χ2v) is 4.84. The number of halogens is 1. The van der Waals surface area contributed by atoms with E-state index < -0.39 is 0 Å². The highest BCUT2D eigenvalue weighted by molar-refractivity contribution is 9.09. The molecule has 0 bridgehead atoms. The van der Waals surface area contributed by atoms with Crippen LogP contribution in [0.25, 0.3) is 0 Å². The molecule has 0 amide bonds. The van der Waals surface area contributed by atoms with Crippen molar-refractivity contribution in [2.45, 2.75) is 25.1 Å². The third-order valence-electron chi connectivity index (χ3n) is 2.05. The standard InChI is InChI=1S/C11H15BrO/c1-8-6-11(13-3)5-4-10(8)7-9(2)12/h4-6,9H,7H2,1-3H3/t9-/m0/s1. The van der Waals surface area contributed by atoms with Crippen molar-refractivity contribution in [3.8, 4) is 5.75 Å². The Kier molecular flexibility index (Phi) is 3.79. The van der Waals surface area contributed by atoms with Gasteiger partial charge >= 0.3 is 0 Å². The van der Waals surface area contributed by atoms with Gasteiger partial charge in [-0.05, 0) is 36.6 Å². The van der Waals surface area contributed by atoms with Crippen LogP contribution in [-0.2, 0) is 6.42 Å². The first-order valence-corrected chi connectivity index (χ1v) is 5.32. The second-order valence-electron chi connectivity index (χ2n) is 3.28. The molecule has 2 heteroatoms. The van der Waals surface area contributed by atoms with Crippen LogP contribution < -0.4 is 4.74 Å². The van der Waals surface area contributed by atoms with E-state index in [0.29, 0.717) is 4.83 Å². The Labute approximate surface area is 88.2 Å². The van der Waals surface area contributed by atoms with E-state index in [4.69, 9.17) is 4.74 Å². The van der Waals surface area contributed by atoms with E-state index in [0.717, 1.165) is 12.2 Å². The van der Waals surface area contributed by atoms with Gasteiger partial charge in [-0.1, -0.05) is 28.9 Å². The molecule has 0 aliphatic rings. The summed E-state index contributed by atoms with van der Waals surface area (Å²) in [5, 5.41) is 0. The smallest absolute Gasteiger partial charge is 0.119 e. The number of ether oxygens (including phenoxy) is 1. The molecule has 0 spiro atoms. The van der Waals surface area contributed by atoms with Gasteiger partial charge in [0.1, 0.15) is 5.75 Å². The van der Waals surface area contributed by atoms with Crippen LogP contribution in [0, 0.1) is 6.92 Å². The molecule has 0 N–H and O–H groups in total. The first-order valence-electron chi connectivity index (χ1n) is 4.41. The summed E-state index contributed by atoms with van der Waals surface area (Å²) >= 11 is 3.55. The average molecular weight is 243 g/mol. The monoisotopic (exact) mass is 242 g/mol. The number of alkyl halides is 1. The minimum absolute atomic E-state index is 0.527. The molecule has 0 radical (unpaired) electrons. The van der Waals surface area contributed by atoms with Gasteiger partial charge in [0.2, 0.25) is 0 Å². The van der Waals surface area contributed by atoms with Gasteiger partial charge in [-0.15, -0.1) is 0 Å². The fourth-order valence-electron chi connectivity index (χ4n) is 1.33. The first kappa shape index (κ1) is 10.6. The Morgan fingerprint density at radius 3 is 2.62 bits per heavy atom. The third-order valence-corrected chi connectivity index (χ3v) is 2.37. The molecule has 0 saturated heterocycles. The van der Waals surface area contributed by atoms with Crippen molar-refractivity contribution in [2.75, 3.05) is 7.11 Å². The Bertz CT molecular complexity index is 281. The van der Waals surface area contributed by atoms with Crippen molar-refractivity contribution >= 4 is 15.9 Å². The Morgan fingerprint density at radius 1 is 1.46 bits per heavy atom. The van der Waals surface area contributed by atoms with E-state index in [1.807, 2.05) is 6.07 Å². The minimum Gasteiger partial charge on any atom is -0.497 e. The lowest BCUT2D eigenvalue weighted by atomic mass is 10.0. The fourth-order valence-corrected chi connectivity index (χ4v) is 1.68. The summed E-state index contributed by atoms with van der Waals surface area (Å²) < 4.78 is 5.14. The number of aryl methyl sites for hydroxylation is 1. The van der Waals surface area contributed by atoms with Crippen molar-refractivity contribution in [3.63, 3.8) is 0 Å². The normalized spacial score (nSPS) is 12.6. The topological polar surface area (TPSA) is 9.23 Å². The molecule has 1 aromatic rings. The lowest BCUT2D eigenvalue weighted by Gasteiger charge is -2.09. The van der Waals surface area contributed by atoms with Gasteiger partial charge in [-0.2, -0.15) is 0 Å². The summed E-state index contributed by atoms with van der Waals surface area (Å²) in [6, 6.07) is 6.22. The molecule has 72 valence electrons. The summed E-state index contributed by atoms with van der Waals surface area (Å²) in [5.41, 5.74) is 2.68. The maximum absolute atomic E-state index is 5.14. The molecule has 1 rings (SSSR count). The van der Waals surface area contributed by atoms with Crippen LogP contribution in [0.5, 0.6) is 5.75 Å². The van der Waals surface area contributed by atoms with Gasteiger partial charge in [0.15, 0.2) is 0 Å². The van der Waals surface area contributed by atoms with Crippen LogP contribution in [-0.4, -0.2) is 11.9 Å². The van der Waals surface area contributed by atoms with E-state index in [-0.39, 0.29) is 0 Å². The summed E-state index contributed by atoms with van der Waals surface area (Å²) in [6.07, 6.45) is 1.07. The maximum Gasteiger partial charge on any atom is 0.119 e. The predicted octanol–water partition coefficient (Wildman–Crippen LogP) is 3.33. The Hall–Kier alpha value is -0.500. The summed E-state index contributed by atoms with van der Waals surface area (Å²) in [4.78, 5) is 0.527. The van der Waals surface area contributed by atoms with Crippen LogP contribution in [0.3, 0.4) is 0 Å². The molecule has 0 aliphatic carbocycles. The van der Waals surface area contributed by atoms with Gasteiger partial charge < -0.3 is 4.74 Å². The van der Waals surface area contributed by atoms with Crippen LogP contribution in [0.2, 0.25) is 0 Å². The molecular formula is C11H15BrO. The van der Waals surface area contributed by atoms with Crippen molar-refractivity contribution in [1.29, 1.82) is 0 Å². The zero-order valence-corrected chi connectivity index (χ0v) is 9.89. The lowest BCUT2D eigenvalue weighted by Crippen LogP contribution is -1.99. The van der Waals surface area contributed by atoms with E-state index >= 15 is 0 Å². The molecule has 13 heavy (non-hydrogen) atoms. The molecule has 0 unspecified atom stereocenters. The van der Waals surface area contributed by atoms with Crippen LogP contribution in [0.1, 0.15) is 18.1 Å². The number of hydrogen-bond acceptors (Lipinski definition) is 1. The largest absolute Gasteiger partial charge is 0.497 e. The summed E-state index contributed by atoms with van der Waals surface area (Å²) in [5.74, 6) is 0.934. The third kappa shape index (κ3) is 3.03. The van der Waals surface area contributed by atoms with Gasteiger partial charge in [-0.3, -0.25) is 0 Å². The van der Waals surface area contributed by atoms with Gasteiger partial charge in [0.05, 0.1) is 7.11 Å². The summed E-state index contributed by atoms with van der Waals surface area (Å²) in [6.45, 7) is 4.27. The van der Waals surface area contributed by atoms with Crippen LogP contribution in [0.15, 0.2) is 18.2 Å². The minimum atomic E-state index is 0.527. The van der Waals surface area contributed by atoms with Gasteiger partial charge in [0, 0.05) is 4.83 Å². The molecule has 1 aromatic carbocycles. The molecule has 1 nitrogen and oxygen atoms in total. The number of hydrogen-bond donors (Lipinski definition) is 0. The molecular weight excluding hydrogens is 228 g/mol. The van der Waals surface area contributed by atoms with Crippen molar-refractivity contribution < 1.29 is 4.74 Å². The van der Waals surface area contributed by atoms with Gasteiger partial charge in [-0.25, -0.2) is 0 Å². The number of rotatable bonds is 3. The van der Waals surface area contributed by atoms with E-state index in [9.17, 15) is 0 Å². The van der Waals surface area contributed by atoms with E-state index in [1.165, 1.54) is 11.1 Å². The summed E-state index contributed by atoms with van der Waals surface area (Å²) in [7, 11) is 1.70. The molecule has 0 aromatic heterocycles. The lowest BCUT2D eigenvalue weighted by molar-refractivity contribution is 0.414. The number of benzene rings is 1. The second kappa shape index (κ2) is 4.66. The zero-order valence-electron chi connectivity index (χ0n) is 8.30. The van der Waals surface area contributed by atoms with Crippen molar-refractivity contribution in [1.82, 2.24) is 0 Å². The number of methoxy groups -OCH3 is 1. The SMILES string of the molecule is COc1ccc(C[C@H](C)Br)c(C)c1. The predicted molar refractivity (Wildman–Crippen MR) is 59.8 cm³/mol. The average Bonchev–Trinajstić information content (AvgIpc) is 2.08. The maximum atomic E-state index is 5.14. The highest BCUT2D eigenvalue weighted by atomic mass is 79.9. The first-order chi connectivity index (χ1) is 6.13. The fraction of sp³-hybridized carbons (Fsp3) is 0.455. The molecule has 0 fully saturated rings. The zero-order chi connectivity index (χ0) is 9.84.